The summed E-state index contributed by atoms with van der Waals surface area (Å²) in [6.07, 6.45) is -1.77. The van der Waals surface area contributed by atoms with Crippen LogP contribution in [0, 0.1) is 5.41 Å². The van der Waals surface area contributed by atoms with Gasteiger partial charge in [0.05, 0.1) is 12.0 Å². The molecule has 1 N–H and O–H groups in total. The van der Waals surface area contributed by atoms with Gasteiger partial charge in [0.15, 0.2) is 0 Å². The molecule has 0 atom stereocenters. The number of hydrogen-bond donors (Lipinski definition) is 1. The Morgan fingerprint density at radius 3 is 2.17 bits per heavy atom. The molecule has 0 heterocycles. The molecule has 0 bridgehead atoms. The normalized spacial score (nSPS) is 19.7. The van der Waals surface area contributed by atoms with E-state index in [0.717, 1.165) is 12.8 Å². The summed E-state index contributed by atoms with van der Waals surface area (Å²) in [5.41, 5.74) is -0.991. The largest absolute Gasteiger partial charge is 0.481 e. The van der Waals surface area contributed by atoms with Gasteiger partial charge in [0.2, 0.25) is 0 Å². The van der Waals surface area contributed by atoms with Crippen molar-refractivity contribution in [2.75, 3.05) is 13.1 Å². The van der Waals surface area contributed by atoms with E-state index in [-0.39, 0.29) is 12.6 Å². The third kappa shape index (κ3) is 3.86. The molecule has 0 unspecified atom stereocenters. The Balaban J connectivity index is 2.78. The number of nitrogens with zero attached hydrogens (tertiary/aromatic N) is 1. The number of carboxylic acid groups (broad SMARTS) is 1. The number of alkyl halides is 3. The molecule has 1 aliphatic rings. The fourth-order valence-corrected chi connectivity index (χ4v) is 2.53. The maximum atomic E-state index is 12.5. The molecule has 6 heteroatoms. The van der Waals surface area contributed by atoms with Gasteiger partial charge in [0.1, 0.15) is 0 Å². The van der Waals surface area contributed by atoms with E-state index in [2.05, 4.69) is 0 Å². The lowest BCUT2D eigenvalue weighted by molar-refractivity contribution is -0.163. The van der Waals surface area contributed by atoms with Crippen molar-refractivity contribution < 1.29 is 23.1 Å². The van der Waals surface area contributed by atoms with Crippen LogP contribution < -0.4 is 0 Å². The minimum absolute atomic E-state index is 0.0144. The molecule has 1 aliphatic carbocycles. The van der Waals surface area contributed by atoms with Gasteiger partial charge >= 0.3 is 12.1 Å². The molecule has 1 fully saturated rings. The monoisotopic (exact) mass is 267 g/mol. The molecule has 0 aromatic carbocycles. The second-order valence-corrected chi connectivity index (χ2v) is 5.41. The molecule has 3 nitrogen and oxygen atoms in total. The van der Waals surface area contributed by atoms with Crippen molar-refractivity contribution in [3.63, 3.8) is 0 Å². The Kier molecular flexibility index (Phi) is 4.64. The molecule has 0 spiro atoms. The van der Waals surface area contributed by atoms with Gasteiger partial charge in [-0.05, 0) is 26.7 Å². The van der Waals surface area contributed by atoms with Crippen LogP contribution in [0.15, 0.2) is 0 Å². The standard InChI is InChI=1S/C12H20F3NO2/c1-9(2)16(8-12(13,14)15)7-11(10(17)18)5-3-4-6-11/h9H,3-8H2,1-2H3,(H,17,18). The first-order valence-corrected chi connectivity index (χ1v) is 6.20. The van der Waals surface area contributed by atoms with Crippen LogP contribution in [-0.4, -0.2) is 41.3 Å². The van der Waals surface area contributed by atoms with Crippen LogP contribution in [-0.2, 0) is 4.79 Å². The first-order valence-electron chi connectivity index (χ1n) is 6.20. The van der Waals surface area contributed by atoms with Crippen molar-refractivity contribution in [3.8, 4) is 0 Å². The number of aliphatic carboxylic acids is 1. The zero-order valence-electron chi connectivity index (χ0n) is 10.8. The second kappa shape index (κ2) is 5.47. The van der Waals surface area contributed by atoms with Crippen LogP contribution in [0.2, 0.25) is 0 Å². The van der Waals surface area contributed by atoms with Gasteiger partial charge < -0.3 is 5.11 Å². The van der Waals surface area contributed by atoms with Gasteiger partial charge in [0.25, 0.3) is 0 Å². The summed E-state index contributed by atoms with van der Waals surface area (Å²) in [6.45, 7) is 2.27. The summed E-state index contributed by atoms with van der Waals surface area (Å²) in [5, 5.41) is 9.28. The van der Waals surface area contributed by atoms with Crippen molar-refractivity contribution in [1.82, 2.24) is 4.90 Å². The average molecular weight is 267 g/mol. The van der Waals surface area contributed by atoms with Gasteiger partial charge in [-0.15, -0.1) is 0 Å². The third-order valence-electron chi connectivity index (χ3n) is 3.63. The highest BCUT2D eigenvalue weighted by molar-refractivity contribution is 5.75. The van der Waals surface area contributed by atoms with Crippen molar-refractivity contribution >= 4 is 5.97 Å². The lowest BCUT2D eigenvalue weighted by atomic mass is 9.85. The summed E-state index contributed by atoms with van der Waals surface area (Å²) < 4.78 is 37.4. The lowest BCUT2D eigenvalue weighted by Crippen LogP contribution is -2.47. The predicted octanol–water partition coefficient (Wildman–Crippen LogP) is 2.90. The molecular formula is C12H20F3NO2. The topological polar surface area (TPSA) is 40.5 Å². The quantitative estimate of drug-likeness (QED) is 0.832. The van der Waals surface area contributed by atoms with E-state index in [1.54, 1.807) is 13.8 Å². The van der Waals surface area contributed by atoms with Crippen LogP contribution in [0.5, 0.6) is 0 Å². The minimum Gasteiger partial charge on any atom is -0.481 e. The van der Waals surface area contributed by atoms with Gasteiger partial charge in [0, 0.05) is 12.6 Å². The highest BCUT2D eigenvalue weighted by Gasteiger charge is 2.44. The molecule has 0 aromatic heterocycles. The molecule has 1 rings (SSSR count). The molecule has 18 heavy (non-hydrogen) atoms. The van der Waals surface area contributed by atoms with Gasteiger partial charge in [-0.1, -0.05) is 12.8 Å². The predicted molar refractivity (Wildman–Crippen MR) is 61.3 cm³/mol. The SMILES string of the molecule is CC(C)N(CC(F)(F)F)CC1(C(=O)O)CCCC1. The zero-order valence-corrected chi connectivity index (χ0v) is 10.8. The highest BCUT2D eigenvalue weighted by Crippen LogP contribution is 2.39. The number of carbonyl (C=O) groups is 1. The summed E-state index contributed by atoms with van der Waals surface area (Å²) in [7, 11) is 0. The van der Waals surface area contributed by atoms with Crippen LogP contribution in [0.1, 0.15) is 39.5 Å². The van der Waals surface area contributed by atoms with E-state index < -0.39 is 24.1 Å². The highest BCUT2D eigenvalue weighted by atomic mass is 19.4. The Labute approximate surface area is 105 Å². The van der Waals surface area contributed by atoms with Gasteiger partial charge in [-0.25, -0.2) is 0 Å². The lowest BCUT2D eigenvalue weighted by Gasteiger charge is -2.35. The number of rotatable bonds is 5. The van der Waals surface area contributed by atoms with Crippen molar-refractivity contribution in [1.29, 1.82) is 0 Å². The maximum Gasteiger partial charge on any atom is 0.401 e. The Bertz CT molecular complexity index is 296. The van der Waals surface area contributed by atoms with Crippen molar-refractivity contribution in [3.05, 3.63) is 0 Å². The molecule has 0 radical (unpaired) electrons. The minimum atomic E-state index is -4.29. The average Bonchev–Trinajstić information content (AvgIpc) is 2.64. The Morgan fingerprint density at radius 1 is 1.33 bits per heavy atom. The molecule has 0 saturated heterocycles. The van der Waals surface area contributed by atoms with E-state index >= 15 is 0 Å². The number of hydrogen-bond acceptors (Lipinski definition) is 2. The number of halogens is 3. The fourth-order valence-electron chi connectivity index (χ4n) is 2.53. The molecule has 106 valence electrons. The van der Waals surface area contributed by atoms with E-state index in [1.807, 2.05) is 0 Å². The first kappa shape index (κ1) is 15.3. The van der Waals surface area contributed by atoms with E-state index in [4.69, 9.17) is 0 Å². The van der Waals surface area contributed by atoms with E-state index in [0.29, 0.717) is 12.8 Å². The Morgan fingerprint density at radius 2 is 1.83 bits per heavy atom. The zero-order chi connectivity index (χ0) is 14.0. The summed E-state index contributed by atoms with van der Waals surface area (Å²) >= 11 is 0. The molecular weight excluding hydrogens is 247 g/mol. The van der Waals surface area contributed by atoms with E-state index in [9.17, 15) is 23.1 Å². The molecule has 0 aliphatic heterocycles. The Hall–Kier alpha value is -0.780. The maximum absolute atomic E-state index is 12.5. The van der Waals surface area contributed by atoms with Gasteiger partial charge in [-0.2, -0.15) is 13.2 Å². The fraction of sp³-hybridized carbons (Fsp3) is 0.917. The second-order valence-electron chi connectivity index (χ2n) is 5.41. The molecule has 1 saturated carbocycles. The van der Waals surface area contributed by atoms with Crippen molar-refractivity contribution in [2.45, 2.75) is 51.7 Å². The molecule has 0 aromatic rings. The van der Waals surface area contributed by atoms with Crippen molar-refractivity contribution in [2.24, 2.45) is 5.41 Å². The first-order chi connectivity index (χ1) is 8.16. The summed E-state index contributed by atoms with van der Waals surface area (Å²) in [6, 6.07) is -0.316. The van der Waals surface area contributed by atoms with Crippen LogP contribution >= 0.6 is 0 Å². The van der Waals surface area contributed by atoms with Crippen LogP contribution in [0.25, 0.3) is 0 Å². The molecule has 0 amide bonds. The number of carboxylic acids is 1. The smallest absolute Gasteiger partial charge is 0.401 e. The van der Waals surface area contributed by atoms with Crippen LogP contribution in [0.4, 0.5) is 13.2 Å². The summed E-state index contributed by atoms with van der Waals surface area (Å²) in [4.78, 5) is 12.6. The van der Waals surface area contributed by atoms with Gasteiger partial charge in [-0.3, -0.25) is 9.69 Å². The van der Waals surface area contributed by atoms with Crippen LogP contribution in [0.3, 0.4) is 0 Å². The summed E-state index contributed by atoms with van der Waals surface area (Å²) in [5.74, 6) is -0.965. The third-order valence-corrected chi connectivity index (χ3v) is 3.63. The van der Waals surface area contributed by atoms with E-state index in [1.165, 1.54) is 4.90 Å².